The molecule has 0 aliphatic carbocycles. The van der Waals surface area contributed by atoms with Gasteiger partial charge in [0.1, 0.15) is 0 Å². The zero-order valence-electron chi connectivity index (χ0n) is 6.02. The molecule has 11 heavy (non-hydrogen) atoms. The Morgan fingerprint density at radius 1 is 1.55 bits per heavy atom. The highest BCUT2D eigenvalue weighted by Crippen LogP contribution is 2.24. The topological polar surface area (TPSA) is 43.1 Å². The maximum Gasteiger partial charge on any atom is 0.389 e. The molecule has 0 heterocycles. The highest BCUT2D eigenvalue weighted by molar-refractivity contribution is 7.82. The van der Waals surface area contributed by atoms with Crippen LogP contribution in [0.4, 0.5) is 13.2 Å². The monoisotopic (exact) mass is 189 g/mol. The van der Waals surface area contributed by atoms with E-state index in [-0.39, 0.29) is 5.75 Å². The predicted octanol–water partition coefficient (Wildman–Crippen LogP) is 1.20. The van der Waals surface area contributed by atoms with Crippen molar-refractivity contribution in [2.75, 3.05) is 5.75 Å². The number of alkyl halides is 3. The van der Waals surface area contributed by atoms with Crippen molar-refractivity contribution in [2.24, 2.45) is 11.1 Å². The Labute approximate surface area is 65.5 Å². The molecule has 2 N–H and O–H groups in total. The third-order valence-electron chi connectivity index (χ3n) is 1.03. The van der Waals surface area contributed by atoms with Crippen molar-refractivity contribution in [1.82, 2.24) is 0 Å². The maximum atomic E-state index is 11.6. The molecular formula is C5H10F3NOS. The van der Waals surface area contributed by atoms with E-state index in [0.717, 1.165) is 0 Å². The molecule has 0 aliphatic heterocycles. The highest BCUT2D eigenvalue weighted by Gasteiger charge is 2.30. The molecule has 0 aromatic heterocycles. The van der Waals surface area contributed by atoms with Gasteiger partial charge >= 0.3 is 6.18 Å². The van der Waals surface area contributed by atoms with Gasteiger partial charge in [-0.1, -0.05) is 6.92 Å². The average Bonchev–Trinajstić information content (AvgIpc) is 1.53. The van der Waals surface area contributed by atoms with Crippen molar-refractivity contribution in [1.29, 1.82) is 0 Å². The fraction of sp³-hybridized carbons (Fsp3) is 1.00. The number of hydrogen-bond acceptors (Lipinski definition) is 1. The molecule has 0 saturated heterocycles. The minimum Gasteiger partial charge on any atom is -0.252 e. The molecule has 2 nitrogen and oxygen atoms in total. The summed E-state index contributed by atoms with van der Waals surface area (Å²) >= 11 is 0. The lowest BCUT2D eigenvalue weighted by Crippen LogP contribution is -2.20. The smallest absolute Gasteiger partial charge is 0.252 e. The standard InChI is InChI=1S/C5H10F3NOS/c1-4(3-11(9)10)2-5(6,7)8/h4H,2-3,9H2,1H3. The van der Waals surface area contributed by atoms with Crippen molar-refractivity contribution < 1.29 is 17.4 Å². The summed E-state index contributed by atoms with van der Waals surface area (Å²) in [7, 11) is -1.63. The van der Waals surface area contributed by atoms with Crippen molar-refractivity contribution in [2.45, 2.75) is 19.5 Å². The molecule has 0 saturated carbocycles. The molecule has 0 bridgehead atoms. The van der Waals surface area contributed by atoms with Crippen LogP contribution in [0.2, 0.25) is 0 Å². The fourth-order valence-corrected chi connectivity index (χ4v) is 1.41. The average molecular weight is 189 g/mol. The molecular weight excluding hydrogens is 179 g/mol. The number of halogens is 3. The van der Waals surface area contributed by atoms with Crippen LogP contribution in [-0.4, -0.2) is 16.1 Å². The summed E-state index contributed by atoms with van der Waals surface area (Å²) in [5, 5.41) is 4.82. The summed E-state index contributed by atoms with van der Waals surface area (Å²) in [5.41, 5.74) is 0. The molecule has 0 aliphatic rings. The summed E-state index contributed by atoms with van der Waals surface area (Å²) in [6, 6.07) is 0. The Balaban J connectivity index is 3.69. The maximum absolute atomic E-state index is 11.6. The van der Waals surface area contributed by atoms with E-state index in [1.807, 2.05) is 0 Å². The molecule has 0 aromatic rings. The third-order valence-corrected chi connectivity index (χ3v) is 1.93. The van der Waals surface area contributed by atoms with E-state index in [1.165, 1.54) is 6.92 Å². The summed E-state index contributed by atoms with van der Waals surface area (Å²) < 4.78 is 45.1. The van der Waals surface area contributed by atoms with Crippen molar-refractivity contribution in [3.05, 3.63) is 0 Å². The lowest BCUT2D eigenvalue weighted by Gasteiger charge is -2.11. The van der Waals surface area contributed by atoms with E-state index in [2.05, 4.69) is 0 Å². The van der Waals surface area contributed by atoms with Gasteiger partial charge in [0.25, 0.3) is 0 Å². The van der Waals surface area contributed by atoms with Crippen molar-refractivity contribution >= 4 is 11.0 Å². The molecule has 0 rings (SSSR count). The molecule has 2 unspecified atom stereocenters. The summed E-state index contributed by atoms with van der Waals surface area (Å²) in [6.45, 7) is 1.37. The Bertz CT molecular complexity index is 147. The van der Waals surface area contributed by atoms with Crippen LogP contribution < -0.4 is 5.14 Å². The van der Waals surface area contributed by atoms with Gasteiger partial charge in [0, 0.05) is 12.2 Å². The van der Waals surface area contributed by atoms with Gasteiger partial charge < -0.3 is 0 Å². The third kappa shape index (κ3) is 7.80. The van der Waals surface area contributed by atoms with Crippen LogP contribution in [0.1, 0.15) is 13.3 Å². The normalized spacial score (nSPS) is 17.9. The van der Waals surface area contributed by atoms with Gasteiger partial charge in [0.15, 0.2) is 0 Å². The lowest BCUT2D eigenvalue weighted by molar-refractivity contribution is -0.141. The minimum atomic E-state index is -4.18. The zero-order chi connectivity index (χ0) is 9.07. The van der Waals surface area contributed by atoms with Crippen LogP contribution in [0.15, 0.2) is 0 Å². The van der Waals surface area contributed by atoms with Crippen molar-refractivity contribution in [3.8, 4) is 0 Å². The summed E-state index contributed by atoms with van der Waals surface area (Å²) in [5.74, 6) is -0.764. The van der Waals surface area contributed by atoms with E-state index >= 15 is 0 Å². The first-order valence-electron chi connectivity index (χ1n) is 3.01. The Morgan fingerprint density at radius 3 is 2.27 bits per heavy atom. The Hall–Kier alpha value is -0.100. The van der Waals surface area contributed by atoms with Gasteiger partial charge in [0.2, 0.25) is 0 Å². The molecule has 68 valence electrons. The first kappa shape index (κ1) is 10.9. The SMILES string of the molecule is CC(CS(N)=O)CC(F)(F)F. The summed E-state index contributed by atoms with van der Waals surface area (Å²) in [4.78, 5) is 0. The molecule has 0 fully saturated rings. The minimum absolute atomic E-state index is 0.0977. The Morgan fingerprint density at radius 2 is 2.00 bits per heavy atom. The second-order valence-electron chi connectivity index (χ2n) is 2.47. The number of rotatable bonds is 3. The van der Waals surface area contributed by atoms with Crippen LogP contribution in [-0.2, 0) is 11.0 Å². The van der Waals surface area contributed by atoms with E-state index in [1.54, 1.807) is 0 Å². The van der Waals surface area contributed by atoms with Crippen molar-refractivity contribution in [3.63, 3.8) is 0 Å². The highest BCUT2D eigenvalue weighted by atomic mass is 32.2. The van der Waals surface area contributed by atoms with Gasteiger partial charge in [0.05, 0.1) is 11.0 Å². The zero-order valence-corrected chi connectivity index (χ0v) is 6.84. The van der Waals surface area contributed by atoms with Crippen LogP contribution in [0.3, 0.4) is 0 Å². The second kappa shape index (κ2) is 4.06. The first-order chi connectivity index (χ1) is 4.81. The number of nitrogens with two attached hydrogens (primary N) is 1. The van der Waals surface area contributed by atoms with Gasteiger partial charge in [-0.15, -0.1) is 0 Å². The van der Waals surface area contributed by atoms with E-state index < -0.39 is 29.5 Å². The van der Waals surface area contributed by atoms with Crippen LogP contribution in [0.25, 0.3) is 0 Å². The largest absolute Gasteiger partial charge is 0.389 e. The predicted molar refractivity (Wildman–Crippen MR) is 37.0 cm³/mol. The van der Waals surface area contributed by atoms with Gasteiger partial charge in [-0.2, -0.15) is 13.2 Å². The van der Waals surface area contributed by atoms with E-state index in [4.69, 9.17) is 5.14 Å². The Kier molecular flexibility index (Phi) is 4.02. The summed E-state index contributed by atoms with van der Waals surface area (Å²) in [6.07, 6.45) is -5.10. The first-order valence-corrected chi connectivity index (χ1v) is 4.39. The van der Waals surface area contributed by atoms with Gasteiger partial charge in [-0.25, -0.2) is 4.21 Å². The molecule has 2 atom stereocenters. The molecule has 0 amide bonds. The molecule has 6 heteroatoms. The molecule has 0 spiro atoms. The lowest BCUT2D eigenvalue weighted by atomic mass is 10.1. The second-order valence-corrected chi connectivity index (χ2v) is 3.57. The van der Waals surface area contributed by atoms with Crippen LogP contribution >= 0.6 is 0 Å². The van der Waals surface area contributed by atoms with E-state index in [0.29, 0.717) is 0 Å². The molecule has 0 radical (unpaired) electrons. The van der Waals surface area contributed by atoms with Crippen LogP contribution in [0, 0.1) is 5.92 Å². The number of hydrogen-bond donors (Lipinski definition) is 1. The van der Waals surface area contributed by atoms with Gasteiger partial charge in [-0.3, -0.25) is 5.14 Å². The fourth-order valence-electron chi connectivity index (χ4n) is 0.734. The van der Waals surface area contributed by atoms with Gasteiger partial charge in [-0.05, 0) is 5.92 Å². The quantitative estimate of drug-likeness (QED) is 0.712. The van der Waals surface area contributed by atoms with Crippen LogP contribution in [0.5, 0.6) is 0 Å². The van der Waals surface area contributed by atoms with E-state index in [9.17, 15) is 17.4 Å². The molecule has 0 aromatic carbocycles.